The first-order valence-corrected chi connectivity index (χ1v) is 33.1. The molecule has 0 heterocycles. The second-order valence-electron chi connectivity index (χ2n) is 20.9. The van der Waals surface area contributed by atoms with Gasteiger partial charge in [-0.15, -0.1) is 0 Å². The van der Waals surface area contributed by atoms with E-state index in [9.17, 15) is 0 Å². The van der Waals surface area contributed by atoms with Crippen LogP contribution in [0.15, 0.2) is 170 Å². The smallest absolute Gasteiger partial charge is 0.279 e. The summed E-state index contributed by atoms with van der Waals surface area (Å²) in [5.74, 6) is 0. The molecule has 0 spiro atoms. The molecule has 0 atom stereocenters. The van der Waals surface area contributed by atoms with E-state index in [0.717, 1.165) is 12.8 Å². The maximum Gasteiger partial charge on any atom is 0.279 e. The number of aryl methyl sites for hydroxylation is 2. The van der Waals surface area contributed by atoms with Gasteiger partial charge in [-0.25, -0.2) is 0 Å². The van der Waals surface area contributed by atoms with Crippen molar-refractivity contribution in [2.24, 2.45) is 0 Å². The zero-order valence-corrected chi connectivity index (χ0v) is 46.8. The Morgan fingerprint density at radius 2 is 0.451 bits per heavy atom. The molecule has 0 fully saturated rings. The van der Waals surface area contributed by atoms with Gasteiger partial charge in [0, 0.05) is 0 Å². The van der Waals surface area contributed by atoms with E-state index in [-0.39, 0.29) is 0 Å². The lowest BCUT2D eigenvalue weighted by Crippen LogP contribution is -2.81. The van der Waals surface area contributed by atoms with Gasteiger partial charge in [0.05, 0.1) is 0 Å². The first kappa shape index (κ1) is 56.0. The molecule has 6 rings (SSSR count). The van der Waals surface area contributed by atoms with Crippen molar-refractivity contribution in [3.8, 4) is 0 Å². The largest absolute Gasteiger partial charge is 0.435 e. The molecule has 0 bridgehead atoms. The fraction of sp³-hybridized carbons (Fsp3) is 0.471. The lowest BCUT2D eigenvalue weighted by molar-refractivity contribution is 0.535. The van der Waals surface area contributed by atoms with Crippen molar-refractivity contribution in [2.45, 2.75) is 206 Å². The summed E-state index contributed by atoms with van der Waals surface area (Å²) in [7, 11) is -6.59. The molecule has 1 nitrogen and oxygen atoms in total. The molecule has 0 aliphatic rings. The van der Waals surface area contributed by atoms with E-state index in [4.69, 9.17) is 4.12 Å². The van der Waals surface area contributed by atoms with Gasteiger partial charge in [-0.05, 0) is 67.9 Å². The number of benzene rings is 6. The summed E-state index contributed by atoms with van der Waals surface area (Å²) in [6.07, 6.45) is 40.6. The van der Waals surface area contributed by atoms with Crippen molar-refractivity contribution in [3.05, 3.63) is 181 Å². The molecule has 0 aliphatic carbocycles. The summed E-state index contributed by atoms with van der Waals surface area (Å²) in [6.45, 7) is 4.62. The molecular formula is C68H94OSi2. The summed E-state index contributed by atoms with van der Waals surface area (Å²) in [6, 6.07) is 64.7. The number of hydrogen-bond donors (Lipinski definition) is 0. The molecule has 6 aromatic rings. The molecule has 0 saturated heterocycles. The van der Waals surface area contributed by atoms with Crippen LogP contribution in [0, 0.1) is 0 Å². The van der Waals surface area contributed by atoms with Crippen LogP contribution in [-0.4, -0.2) is 16.6 Å². The SMILES string of the molecule is CCCCCCCCCCCCCCCCc1ccccc1[Si](O[Si](c1ccccc1)(c1ccccc1)c1ccccc1CCCCCCCCCCCCCCCC)(c1ccccc1)c1ccccc1. The molecule has 0 saturated carbocycles. The highest BCUT2D eigenvalue weighted by atomic mass is 28.4. The van der Waals surface area contributed by atoms with Crippen LogP contribution in [0.1, 0.15) is 205 Å². The van der Waals surface area contributed by atoms with Crippen LogP contribution in [-0.2, 0) is 17.0 Å². The highest BCUT2D eigenvalue weighted by Crippen LogP contribution is 2.24. The van der Waals surface area contributed by atoms with Gasteiger partial charge in [-0.2, -0.15) is 0 Å². The van der Waals surface area contributed by atoms with Crippen LogP contribution in [0.25, 0.3) is 0 Å². The summed E-state index contributed by atoms with van der Waals surface area (Å²) < 4.78 is 8.95. The molecule has 0 N–H and O–H groups in total. The van der Waals surface area contributed by atoms with Crippen molar-refractivity contribution in [1.29, 1.82) is 0 Å². The maximum absolute atomic E-state index is 8.95. The Morgan fingerprint density at radius 3 is 0.704 bits per heavy atom. The third-order valence-corrected chi connectivity index (χ3v) is 24.9. The minimum absolute atomic E-state index is 1.06. The van der Waals surface area contributed by atoms with E-state index in [2.05, 4.69) is 184 Å². The Kier molecular flexibility index (Phi) is 26.4. The van der Waals surface area contributed by atoms with Gasteiger partial charge >= 0.3 is 0 Å². The van der Waals surface area contributed by atoms with Crippen molar-refractivity contribution in [1.82, 2.24) is 0 Å². The van der Waals surface area contributed by atoms with Gasteiger partial charge < -0.3 is 4.12 Å². The van der Waals surface area contributed by atoms with Gasteiger partial charge in [0.25, 0.3) is 16.6 Å². The van der Waals surface area contributed by atoms with Gasteiger partial charge in [0.15, 0.2) is 0 Å². The zero-order chi connectivity index (χ0) is 49.3. The fourth-order valence-corrected chi connectivity index (χ4v) is 22.5. The topological polar surface area (TPSA) is 9.23 Å². The van der Waals surface area contributed by atoms with Crippen LogP contribution in [0.2, 0.25) is 0 Å². The second-order valence-corrected chi connectivity index (χ2v) is 27.9. The second kappa shape index (κ2) is 33.4. The Balaban J connectivity index is 1.27. The molecule has 0 unspecified atom stereocenters. The van der Waals surface area contributed by atoms with Crippen LogP contribution >= 0.6 is 0 Å². The average molecular weight is 984 g/mol. The molecule has 0 aromatic heterocycles. The average Bonchev–Trinajstić information content (AvgIpc) is 3.43. The minimum Gasteiger partial charge on any atom is -0.435 e. The molecule has 6 aromatic carbocycles. The Morgan fingerprint density at radius 1 is 0.239 bits per heavy atom. The van der Waals surface area contributed by atoms with Crippen molar-refractivity contribution in [2.75, 3.05) is 0 Å². The minimum atomic E-state index is -3.29. The number of rotatable bonds is 38. The summed E-state index contributed by atoms with van der Waals surface area (Å²) in [5.41, 5.74) is 2.90. The first-order valence-electron chi connectivity index (χ1n) is 29.3. The van der Waals surface area contributed by atoms with E-state index < -0.39 is 16.6 Å². The van der Waals surface area contributed by atoms with Crippen LogP contribution < -0.4 is 31.1 Å². The predicted octanol–water partition coefficient (Wildman–Crippen LogP) is 16.4. The van der Waals surface area contributed by atoms with Gasteiger partial charge in [0.2, 0.25) is 0 Å². The molecular weight excluding hydrogens is 889 g/mol. The van der Waals surface area contributed by atoms with Crippen LogP contribution in [0.3, 0.4) is 0 Å². The Labute approximate surface area is 437 Å². The van der Waals surface area contributed by atoms with Gasteiger partial charge in [0.1, 0.15) is 0 Å². The van der Waals surface area contributed by atoms with Crippen LogP contribution in [0.4, 0.5) is 0 Å². The molecule has 0 radical (unpaired) electrons. The standard InChI is InChI=1S/C68H94OSi2/c1-3-5-7-9-11-13-15-17-19-21-23-25-27-33-47-61-49-43-45-59-67(61)70(63-51-35-29-36-52-63,64-53-37-30-38-54-64)69-71(65-55-39-31-40-56-65,66-57-41-32-42-58-66)68-60-46-44-50-62(68)48-34-28-26-24-22-20-18-16-14-12-10-8-6-4-2/h29-32,35-46,49-60H,3-28,33-34,47-48H2,1-2H3. The van der Waals surface area contributed by atoms with E-state index >= 15 is 0 Å². The monoisotopic (exact) mass is 983 g/mol. The maximum atomic E-state index is 8.95. The van der Waals surface area contributed by atoms with Gasteiger partial charge in [-0.3, -0.25) is 0 Å². The Hall–Kier alpha value is -4.29. The lowest BCUT2D eigenvalue weighted by Gasteiger charge is -2.45. The zero-order valence-electron chi connectivity index (χ0n) is 44.8. The molecule has 0 amide bonds. The van der Waals surface area contributed by atoms with E-state index in [1.165, 1.54) is 222 Å². The quantitative estimate of drug-likeness (QED) is 0.0213. The summed E-state index contributed by atoms with van der Waals surface area (Å²) >= 11 is 0. The fourth-order valence-electron chi connectivity index (χ4n) is 11.4. The third-order valence-electron chi connectivity index (χ3n) is 15.4. The predicted molar refractivity (Wildman–Crippen MR) is 317 cm³/mol. The number of hydrogen-bond acceptors (Lipinski definition) is 1. The van der Waals surface area contributed by atoms with Gasteiger partial charge in [-0.1, -0.05) is 351 Å². The van der Waals surface area contributed by atoms with Crippen LogP contribution in [0.5, 0.6) is 0 Å². The lowest BCUT2D eigenvalue weighted by atomic mass is 10.0. The number of unbranched alkanes of at least 4 members (excludes halogenated alkanes) is 26. The molecule has 380 valence electrons. The Bertz CT molecular complexity index is 2000. The van der Waals surface area contributed by atoms with E-state index in [1.54, 1.807) is 0 Å². The van der Waals surface area contributed by atoms with Crippen molar-refractivity contribution >= 4 is 47.8 Å². The highest BCUT2D eigenvalue weighted by molar-refractivity contribution is 7.18. The van der Waals surface area contributed by atoms with Crippen molar-refractivity contribution < 1.29 is 4.12 Å². The highest BCUT2D eigenvalue weighted by Gasteiger charge is 2.54. The third kappa shape index (κ3) is 17.4. The summed E-state index contributed by atoms with van der Waals surface area (Å²) in [5, 5.41) is 8.06. The first-order chi connectivity index (χ1) is 35.2. The normalized spacial score (nSPS) is 11.9. The van der Waals surface area contributed by atoms with E-state index in [0.29, 0.717) is 0 Å². The molecule has 3 heteroatoms. The molecule has 0 aliphatic heterocycles. The van der Waals surface area contributed by atoms with E-state index in [1.807, 2.05) is 0 Å². The van der Waals surface area contributed by atoms with Crippen molar-refractivity contribution in [3.63, 3.8) is 0 Å². The molecule has 71 heavy (non-hydrogen) atoms. The summed E-state index contributed by atoms with van der Waals surface area (Å²) in [4.78, 5) is 0.